The van der Waals surface area contributed by atoms with E-state index < -0.39 is 17.3 Å². The highest BCUT2D eigenvalue weighted by atomic mass is 32.1. The lowest BCUT2D eigenvalue weighted by molar-refractivity contribution is 0.102. The second-order valence-corrected chi connectivity index (χ2v) is 6.27. The van der Waals surface area contributed by atoms with Gasteiger partial charge in [-0.15, -0.1) is 0 Å². The Kier molecular flexibility index (Phi) is 4.66. The molecule has 0 unspecified atom stereocenters. The van der Waals surface area contributed by atoms with Crippen molar-refractivity contribution in [1.82, 2.24) is 14.6 Å². The van der Waals surface area contributed by atoms with Gasteiger partial charge in [-0.25, -0.2) is 9.37 Å². The fourth-order valence-electron chi connectivity index (χ4n) is 2.14. The number of amides is 1. The van der Waals surface area contributed by atoms with Crippen LogP contribution in [0.1, 0.15) is 35.1 Å². The second-order valence-electron chi connectivity index (χ2n) is 5.23. The van der Waals surface area contributed by atoms with E-state index in [0.717, 1.165) is 24.3 Å². The van der Waals surface area contributed by atoms with Crippen LogP contribution in [-0.4, -0.2) is 20.5 Å². The topological polar surface area (TPSA) is 76.4 Å². The Balaban J connectivity index is 1.87. The molecule has 0 aliphatic rings. The van der Waals surface area contributed by atoms with Gasteiger partial charge in [0.15, 0.2) is 0 Å². The highest BCUT2D eigenvalue weighted by molar-refractivity contribution is 7.16. The zero-order valence-electron chi connectivity index (χ0n) is 13.0. The van der Waals surface area contributed by atoms with Gasteiger partial charge in [-0.1, -0.05) is 24.7 Å². The molecule has 2 heterocycles. The lowest BCUT2D eigenvalue weighted by atomic mass is 10.2. The first kappa shape index (κ1) is 16.3. The summed E-state index contributed by atoms with van der Waals surface area (Å²) in [5, 5.41) is 7.60. The number of benzene rings is 1. The summed E-state index contributed by atoms with van der Waals surface area (Å²) in [6.07, 6.45) is 4.14. The third-order valence-electron chi connectivity index (χ3n) is 3.43. The Morgan fingerprint density at radius 3 is 2.79 bits per heavy atom. The van der Waals surface area contributed by atoms with Gasteiger partial charge in [-0.05, 0) is 30.7 Å². The first-order valence-electron chi connectivity index (χ1n) is 7.53. The summed E-state index contributed by atoms with van der Waals surface area (Å²) >= 11 is 1.36. The smallest absolute Gasteiger partial charge is 0.298 e. The number of halogens is 1. The molecule has 2 aromatic heterocycles. The number of unbranched alkanes of at least 4 members (excludes halogenated alkanes) is 1. The maximum atomic E-state index is 12.9. The quantitative estimate of drug-likeness (QED) is 0.771. The Labute approximate surface area is 141 Å². The maximum Gasteiger partial charge on any atom is 0.298 e. The largest absolute Gasteiger partial charge is 0.316 e. The van der Waals surface area contributed by atoms with Crippen molar-refractivity contribution in [3.8, 4) is 0 Å². The van der Waals surface area contributed by atoms with Crippen molar-refractivity contribution < 1.29 is 9.18 Å². The molecular weight excluding hydrogens is 331 g/mol. The molecule has 3 rings (SSSR count). The Hall–Kier alpha value is -2.61. The monoisotopic (exact) mass is 346 g/mol. The van der Waals surface area contributed by atoms with E-state index in [1.54, 1.807) is 0 Å². The van der Waals surface area contributed by atoms with E-state index >= 15 is 0 Å². The number of carbonyl (C=O) groups is 1. The van der Waals surface area contributed by atoms with Gasteiger partial charge >= 0.3 is 0 Å². The number of hydrogen-bond acceptors (Lipinski definition) is 5. The van der Waals surface area contributed by atoms with Crippen LogP contribution in [0.25, 0.3) is 4.96 Å². The third-order valence-corrected chi connectivity index (χ3v) is 4.41. The number of rotatable bonds is 5. The number of carbonyl (C=O) groups excluding carboxylic acids is 1. The van der Waals surface area contributed by atoms with E-state index in [2.05, 4.69) is 22.3 Å². The Morgan fingerprint density at radius 1 is 1.33 bits per heavy atom. The van der Waals surface area contributed by atoms with Crippen LogP contribution in [0.3, 0.4) is 0 Å². The fourth-order valence-corrected chi connectivity index (χ4v) is 3.03. The molecule has 1 N–H and O–H groups in total. The van der Waals surface area contributed by atoms with Crippen LogP contribution in [0.15, 0.2) is 35.3 Å². The first-order valence-corrected chi connectivity index (χ1v) is 8.35. The minimum absolute atomic E-state index is 0.0363. The predicted octanol–water partition coefficient (Wildman–Crippen LogP) is 2.89. The molecule has 0 saturated heterocycles. The van der Waals surface area contributed by atoms with Crippen LogP contribution in [0.5, 0.6) is 0 Å². The number of fused-ring (bicyclic) bond motifs is 1. The molecular formula is C16H15FN4O2S. The van der Waals surface area contributed by atoms with Crippen LogP contribution in [0.4, 0.5) is 10.1 Å². The molecule has 6 nitrogen and oxygen atoms in total. The van der Waals surface area contributed by atoms with Gasteiger partial charge in [-0.2, -0.15) is 9.61 Å². The van der Waals surface area contributed by atoms with Crippen molar-refractivity contribution in [2.75, 3.05) is 5.32 Å². The summed E-state index contributed by atoms with van der Waals surface area (Å²) in [5.74, 6) is -0.938. The molecule has 24 heavy (non-hydrogen) atoms. The van der Waals surface area contributed by atoms with E-state index in [0.29, 0.717) is 4.96 Å². The van der Waals surface area contributed by atoms with Crippen LogP contribution in [0, 0.1) is 5.82 Å². The van der Waals surface area contributed by atoms with Gasteiger partial charge in [0, 0.05) is 12.0 Å². The number of hydrogen-bond donors (Lipinski definition) is 1. The lowest BCUT2D eigenvalue weighted by Crippen LogP contribution is -2.23. The van der Waals surface area contributed by atoms with Crippen molar-refractivity contribution >= 4 is 27.9 Å². The molecule has 0 bridgehead atoms. The number of nitrogens with zero attached hydrogens (tertiary/aromatic N) is 3. The number of aryl methyl sites for hydroxylation is 1. The van der Waals surface area contributed by atoms with Gasteiger partial charge in [0.25, 0.3) is 11.5 Å². The molecule has 1 amide bonds. The summed E-state index contributed by atoms with van der Waals surface area (Å²) in [4.78, 5) is 29.2. The minimum atomic E-state index is -0.504. The molecule has 0 aliphatic carbocycles. The highest BCUT2D eigenvalue weighted by Crippen LogP contribution is 2.15. The summed E-state index contributed by atoms with van der Waals surface area (Å²) in [5.41, 5.74) is -0.147. The second kappa shape index (κ2) is 6.88. The summed E-state index contributed by atoms with van der Waals surface area (Å²) in [6.45, 7) is 2.08. The van der Waals surface area contributed by atoms with Crippen molar-refractivity contribution in [3.63, 3.8) is 0 Å². The van der Waals surface area contributed by atoms with Crippen LogP contribution in [-0.2, 0) is 6.42 Å². The highest BCUT2D eigenvalue weighted by Gasteiger charge is 2.13. The lowest BCUT2D eigenvalue weighted by Gasteiger charge is -2.04. The molecule has 124 valence electrons. The molecule has 0 atom stereocenters. The maximum absolute atomic E-state index is 12.9. The van der Waals surface area contributed by atoms with E-state index in [4.69, 9.17) is 0 Å². The minimum Gasteiger partial charge on any atom is -0.316 e. The van der Waals surface area contributed by atoms with Gasteiger partial charge in [0.1, 0.15) is 16.5 Å². The number of anilines is 1. The van der Waals surface area contributed by atoms with E-state index in [1.807, 2.05) is 0 Å². The molecule has 1 aromatic carbocycles. The molecule has 0 saturated carbocycles. The average molecular weight is 346 g/mol. The molecule has 0 spiro atoms. The average Bonchev–Trinajstić information content (AvgIpc) is 3.00. The van der Waals surface area contributed by atoms with E-state index in [9.17, 15) is 14.0 Å². The van der Waals surface area contributed by atoms with Crippen LogP contribution >= 0.6 is 11.3 Å². The summed E-state index contributed by atoms with van der Waals surface area (Å²) < 4.78 is 14.1. The normalized spacial score (nSPS) is 10.9. The van der Waals surface area contributed by atoms with E-state index in [1.165, 1.54) is 46.3 Å². The standard InChI is InChI=1S/C16H15FN4O2S/c1-2-3-4-13-20-21-15(23)12(9-18-16(21)24-13)19-14(22)10-5-7-11(17)8-6-10/h5-9H,2-4H2,1H3,(H,19,22). The first-order chi connectivity index (χ1) is 11.6. The van der Waals surface area contributed by atoms with Crippen molar-refractivity contribution in [3.05, 3.63) is 57.2 Å². The molecule has 8 heteroatoms. The van der Waals surface area contributed by atoms with Gasteiger partial charge in [-0.3, -0.25) is 9.59 Å². The Morgan fingerprint density at radius 2 is 2.08 bits per heavy atom. The number of aromatic nitrogens is 3. The van der Waals surface area contributed by atoms with Crippen molar-refractivity contribution in [2.24, 2.45) is 0 Å². The van der Waals surface area contributed by atoms with Gasteiger partial charge in [0.05, 0.1) is 6.20 Å². The summed E-state index contributed by atoms with van der Waals surface area (Å²) in [6, 6.07) is 5.06. The van der Waals surface area contributed by atoms with Gasteiger partial charge < -0.3 is 5.32 Å². The van der Waals surface area contributed by atoms with Crippen LogP contribution < -0.4 is 10.9 Å². The van der Waals surface area contributed by atoms with E-state index in [-0.39, 0.29) is 11.3 Å². The summed E-state index contributed by atoms with van der Waals surface area (Å²) in [7, 11) is 0. The van der Waals surface area contributed by atoms with Crippen LogP contribution in [0.2, 0.25) is 0 Å². The molecule has 3 aromatic rings. The number of nitrogens with one attached hydrogen (secondary N) is 1. The zero-order valence-corrected chi connectivity index (χ0v) is 13.8. The predicted molar refractivity (Wildman–Crippen MR) is 90.1 cm³/mol. The third kappa shape index (κ3) is 3.33. The SMILES string of the molecule is CCCCc1nn2c(=O)c(NC(=O)c3ccc(F)cc3)cnc2s1. The van der Waals surface area contributed by atoms with Crippen molar-refractivity contribution in [1.29, 1.82) is 0 Å². The molecule has 0 radical (unpaired) electrons. The Bertz CT molecular complexity index is 933. The molecule has 0 aliphatic heterocycles. The van der Waals surface area contributed by atoms with Gasteiger partial charge in [0.2, 0.25) is 4.96 Å². The molecule has 0 fully saturated rings. The fraction of sp³-hybridized carbons (Fsp3) is 0.250. The van der Waals surface area contributed by atoms with Crippen molar-refractivity contribution in [2.45, 2.75) is 26.2 Å². The zero-order chi connectivity index (χ0) is 17.1.